The number of piperidine rings is 1. The first-order chi connectivity index (χ1) is 10.4. The highest BCUT2D eigenvalue weighted by molar-refractivity contribution is 5.24. The van der Waals surface area contributed by atoms with Gasteiger partial charge in [-0.1, -0.05) is 26.2 Å². The molecule has 2 fully saturated rings. The number of hydrogen-bond donors (Lipinski definition) is 0. The molecular formula is C16H25N3O2. The Balaban J connectivity index is 1.52. The fraction of sp³-hybridized carbons (Fsp3) is 0.750. The van der Waals surface area contributed by atoms with E-state index >= 15 is 0 Å². The maximum absolute atomic E-state index is 6.08. The fourth-order valence-corrected chi connectivity index (χ4v) is 3.20. The van der Waals surface area contributed by atoms with E-state index in [-0.39, 0.29) is 6.10 Å². The van der Waals surface area contributed by atoms with Crippen molar-refractivity contribution in [1.29, 1.82) is 0 Å². The van der Waals surface area contributed by atoms with Gasteiger partial charge in [0.05, 0.1) is 6.61 Å². The molecule has 1 aromatic rings. The van der Waals surface area contributed by atoms with Crippen molar-refractivity contribution in [3.63, 3.8) is 0 Å². The molecule has 2 aliphatic rings. The summed E-state index contributed by atoms with van der Waals surface area (Å²) in [5, 5.41) is 0. The largest absolute Gasteiger partial charge is 0.474 e. The molecule has 5 heteroatoms. The molecule has 1 aromatic heterocycles. The van der Waals surface area contributed by atoms with Crippen LogP contribution in [-0.4, -0.2) is 47.2 Å². The SMILES string of the molecule is CCCCCCOc1nccnc1O[C@H]1CN2CC[C@@H]1C2. The van der Waals surface area contributed by atoms with Gasteiger partial charge in [0.15, 0.2) is 0 Å². The van der Waals surface area contributed by atoms with Gasteiger partial charge in [-0.3, -0.25) is 4.90 Å². The van der Waals surface area contributed by atoms with E-state index in [0.717, 1.165) is 19.5 Å². The van der Waals surface area contributed by atoms with Crippen molar-refractivity contribution in [2.75, 3.05) is 26.2 Å². The van der Waals surface area contributed by atoms with Crippen molar-refractivity contribution in [2.45, 2.75) is 45.1 Å². The molecule has 116 valence electrons. The van der Waals surface area contributed by atoms with E-state index in [4.69, 9.17) is 9.47 Å². The van der Waals surface area contributed by atoms with Crippen LogP contribution in [0.4, 0.5) is 0 Å². The molecule has 0 amide bonds. The number of nitrogens with zero attached hydrogens (tertiary/aromatic N) is 3. The molecule has 3 heterocycles. The van der Waals surface area contributed by atoms with Gasteiger partial charge in [0.2, 0.25) is 0 Å². The molecule has 21 heavy (non-hydrogen) atoms. The molecule has 2 bridgehead atoms. The zero-order valence-corrected chi connectivity index (χ0v) is 12.8. The number of rotatable bonds is 8. The first-order valence-corrected chi connectivity index (χ1v) is 8.19. The van der Waals surface area contributed by atoms with E-state index in [1.165, 1.54) is 32.2 Å². The smallest absolute Gasteiger partial charge is 0.278 e. The summed E-state index contributed by atoms with van der Waals surface area (Å²) < 4.78 is 11.8. The number of ether oxygens (including phenoxy) is 2. The van der Waals surface area contributed by atoms with E-state index < -0.39 is 0 Å². The van der Waals surface area contributed by atoms with Crippen LogP contribution in [0.2, 0.25) is 0 Å². The fourth-order valence-electron chi connectivity index (χ4n) is 3.20. The molecule has 0 saturated carbocycles. The Morgan fingerprint density at radius 2 is 2.00 bits per heavy atom. The van der Waals surface area contributed by atoms with Crippen LogP contribution >= 0.6 is 0 Å². The van der Waals surface area contributed by atoms with Crippen LogP contribution in [-0.2, 0) is 0 Å². The minimum atomic E-state index is 0.248. The van der Waals surface area contributed by atoms with Crippen molar-refractivity contribution < 1.29 is 9.47 Å². The average Bonchev–Trinajstić information content (AvgIpc) is 3.11. The van der Waals surface area contributed by atoms with Gasteiger partial charge in [0.1, 0.15) is 6.10 Å². The second-order valence-corrected chi connectivity index (χ2v) is 6.04. The molecule has 3 atom stereocenters. The highest BCUT2D eigenvalue weighted by atomic mass is 16.5. The van der Waals surface area contributed by atoms with Crippen LogP contribution < -0.4 is 9.47 Å². The summed E-state index contributed by atoms with van der Waals surface area (Å²) in [6.07, 6.45) is 9.57. The van der Waals surface area contributed by atoms with Crippen molar-refractivity contribution in [2.24, 2.45) is 5.92 Å². The summed E-state index contributed by atoms with van der Waals surface area (Å²) in [4.78, 5) is 11.0. The molecule has 0 spiro atoms. The van der Waals surface area contributed by atoms with Gasteiger partial charge >= 0.3 is 0 Å². The van der Waals surface area contributed by atoms with E-state index in [1.807, 2.05) is 0 Å². The third kappa shape index (κ3) is 3.64. The van der Waals surface area contributed by atoms with Gasteiger partial charge in [-0.15, -0.1) is 0 Å². The molecule has 5 nitrogen and oxygen atoms in total. The standard InChI is InChI=1S/C16H25N3O2/c1-2-3-4-5-10-20-15-16(18-8-7-17-15)21-14-12-19-9-6-13(14)11-19/h7-8,13-14H,2-6,9-12H2,1H3/t13-,14+/m1/s1. The number of aromatic nitrogens is 2. The lowest BCUT2D eigenvalue weighted by molar-refractivity contribution is 0.127. The quantitative estimate of drug-likeness (QED) is 0.689. The zero-order chi connectivity index (χ0) is 14.5. The molecule has 0 aromatic carbocycles. The first-order valence-electron chi connectivity index (χ1n) is 8.19. The minimum Gasteiger partial charge on any atom is -0.474 e. The van der Waals surface area contributed by atoms with Crippen LogP contribution in [0, 0.1) is 5.92 Å². The Labute approximate surface area is 126 Å². The Hall–Kier alpha value is -1.36. The molecule has 2 saturated heterocycles. The molecule has 1 unspecified atom stereocenters. The van der Waals surface area contributed by atoms with E-state index in [0.29, 0.717) is 24.3 Å². The first kappa shape index (κ1) is 14.6. The van der Waals surface area contributed by atoms with Gasteiger partial charge in [-0.05, 0) is 19.4 Å². The maximum Gasteiger partial charge on any atom is 0.278 e. The summed E-state index contributed by atoms with van der Waals surface area (Å²) >= 11 is 0. The Kier molecular flexibility index (Phi) is 4.91. The highest BCUT2D eigenvalue weighted by Gasteiger charge is 2.40. The molecule has 2 aliphatic heterocycles. The molecular weight excluding hydrogens is 266 g/mol. The van der Waals surface area contributed by atoms with Gasteiger partial charge in [-0.2, -0.15) is 0 Å². The van der Waals surface area contributed by atoms with Crippen LogP contribution in [0.25, 0.3) is 0 Å². The summed E-state index contributed by atoms with van der Waals surface area (Å²) in [6, 6.07) is 0. The van der Waals surface area contributed by atoms with Crippen LogP contribution in [0.1, 0.15) is 39.0 Å². The number of unbranched alkanes of at least 4 members (excludes halogenated alkanes) is 3. The Morgan fingerprint density at radius 1 is 1.14 bits per heavy atom. The molecule has 0 aliphatic carbocycles. The van der Waals surface area contributed by atoms with Crippen molar-refractivity contribution in [1.82, 2.24) is 14.9 Å². The normalized spacial score (nSPS) is 27.0. The van der Waals surface area contributed by atoms with Crippen LogP contribution in [0.15, 0.2) is 12.4 Å². The molecule has 3 rings (SSSR count). The zero-order valence-electron chi connectivity index (χ0n) is 12.8. The summed E-state index contributed by atoms with van der Waals surface area (Å²) in [5.74, 6) is 1.75. The average molecular weight is 291 g/mol. The van der Waals surface area contributed by atoms with Gasteiger partial charge in [0.25, 0.3) is 11.8 Å². The summed E-state index contributed by atoms with van der Waals surface area (Å²) in [5.41, 5.74) is 0. The second kappa shape index (κ2) is 7.07. The van der Waals surface area contributed by atoms with Gasteiger partial charge < -0.3 is 9.47 Å². The lowest BCUT2D eigenvalue weighted by Crippen LogP contribution is -2.32. The predicted octanol–water partition coefficient (Wildman–Crippen LogP) is 2.52. The lowest BCUT2D eigenvalue weighted by atomic mass is 10.0. The number of fused-ring (bicyclic) bond motifs is 2. The van der Waals surface area contributed by atoms with Crippen molar-refractivity contribution >= 4 is 0 Å². The van der Waals surface area contributed by atoms with Crippen molar-refractivity contribution in [3.05, 3.63) is 12.4 Å². The third-order valence-electron chi connectivity index (χ3n) is 4.41. The van der Waals surface area contributed by atoms with E-state index in [2.05, 4.69) is 21.8 Å². The van der Waals surface area contributed by atoms with E-state index in [1.54, 1.807) is 12.4 Å². The summed E-state index contributed by atoms with van der Waals surface area (Å²) in [6.45, 7) is 6.29. The second-order valence-electron chi connectivity index (χ2n) is 6.04. The minimum absolute atomic E-state index is 0.248. The number of hydrogen-bond acceptors (Lipinski definition) is 5. The maximum atomic E-state index is 6.08. The van der Waals surface area contributed by atoms with Gasteiger partial charge in [0, 0.05) is 31.4 Å². The third-order valence-corrected chi connectivity index (χ3v) is 4.41. The van der Waals surface area contributed by atoms with Gasteiger partial charge in [-0.25, -0.2) is 9.97 Å². The molecule has 0 radical (unpaired) electrons. The Bertz CT molecular complexity index is 455. The Morgan fingerprint density at radius 3 is 2.71 bits per heavy atom. The highest BCUT2D eigenvalue weighted by Crippen LogP contribution is 2.32. The van der Waals surface area contributed by atoms with Crippen LogP contribution in [0.3, 0.4) is 0 Å². The van der Waals surface area contributed by atoms with Crippen molar-refractivity contribution in [3.8, 4) is 11.8 Å². The van der Waals surface area contributed by atoms with Crippen LogP contribution in [0.5, 0.6) is 11.8 Å². The molecule has 0 N–H and O–H groups in total. The predicted molar refractivity (Wildman–Crippen MR) is 80.6 cm³/mol. The lowest BCUT2D eigenvalue weighted by Gasteiger charge is -2.23. The topological polar surface area (TPSA) is 47.5 Å². The summed E-state index contributed by atoms with van der Waals surface area (Å²) in [7, 11) is 0. The monoisotopic (exact) mass is 291 g/mol. The van der Waals surface area contributed by atoms with E-state index in [9.17, 15) is 0 Å².